The molecule has 2 rings (SSSR count). The molecule has 3 amide bonds. The van der Waals surface area contributed by atoms with Gasteiger partial charge in [-0.05, 0) is 25.1 Å². The zero-order valence-corrected chi connectivity index (χ0v) is 12.8. The van der Waals surface area contributed by atoms with Gasteiger partial charge in [-0.15, -0.1) is 0 Å². The van der Waals surface area contributed by atoms with E-state index < -0.39 is 24.0 Å². The third kappa shape index (κ3) is 3.36. The minimum absolute atomic E-state index is 0.287. The van der Waals surface area contributed by atoms with Gasteiger partial charge in [0.15, 0.2) is 6.10 Å². The van der Waals surface area contributed by atoms with Gasteiger partial charge in [-0.2, -0.15) is 0 Å². The highest BCUT2D eigenvalue weighted by Gasteiger charge is 2.31. The number of rotatable bonds is 4. The van der Waals surface area contributed by atoms with Crippen LogP contribution >= 0.6 is 0 Å². The van der Waals surface area contributed by atoms with Crippen molar-refractivity contribution in [2.75, 3.05) is 32.1 Å². The molecule has 1 saturated heterocycles. The quantitative estimate of drug-likeness (QED) is 0.834. The highest BCUT2D eigenvalue weighted by Crippen LogP contribution is 2.15. The van der Waals surface area contributed by atoms with Crippen molar-refractivity contribution < 1.29 is 19.1 Å². The summed E-state index contributed by atoms with van der Waals surface area (Å²) in [7, 11) is 3.73. The Bertz CT molecular complexity index is 600. The van der Waals surface area contributed by atoms with Gasteiger partial charge >= 0.3 is 12.0 Å². The molecular formula is C15H19N3O4. The Labute approximate surface area is 128 Å². The van der Waals surface area contributed by atoms with Gasteiger partial charge in [-0.1, -0.05) is 6.07 Å². The van der Waals surface area contributed by atoms with Crippen molar-refractivity contribution >= 4 is 23.6 Å². The summed E-state index contributed by atoms with van der Waals surface area (Å²) in [6.07, 6.45) is -1.01. The lowest BCUT2D eigenvalue weighted by molar-refractivity contribution is -0.136. The molecule has 0 spiro atoms. The van der Waals surface area contributed by atoms with Crippen molar-refractivity contribution in [3.05, 3.63) is 29.8 Å². The van der Waals surface area contributed by atoms with E-state index in [1.165, 1.54) is 6.92 Å². The molecule has 0 radical (unpaired) electrons. The van der Waals surface area contributed by atoms with Crippen LogP contribution in [0.15, 0.2) is 24.3 Å². The van der Waals surface area contributed by atoms with Crippen LogP contribution in [0.5, 0.6) is 0 Å². The lowest BCUT2D eigenvalue weighted by atomic mass is 10.2. The SMILES string of the molecule is CC(OC(=O)c1cccc(N(C)C)c1)C(=O)N1CCNC1=O. The molecule has 7 heteroatoms. The number of anilines is 1. The minimum atomic E-state index is -1.01. The fourth-order valence-electron chi connectivity index (χ4n) is 2.09. The molecule has 0 aliphatic carbocycles. The molecule has 22 heavy (non-hydrogen) atoms. The standard InChI is InChI=1S/C15H19N3O4/c1-10(13(19)18-8-7-16-15(18)21)22-14(20)11-5-4-6-12(9-11)17(2)3/h4-6,9-10H,7-8H2,1-3H3,(H,16,21). The first-order valence-electron chi connectivity index (χ1n) is 6.97. The van der Waals surface area contributed by atoms with Crippen LogP contribution in [-0.4, -0.2) is 56.1 Å². The van der Waals surface area contributed by atoms with Crippen LogP contribution in [0.1, 0.15) is 17.3 Å². The number of esters is 1. The first-order valence-corrected chi connectivity index (χ1v) is 6.97. The maximum absolute atomic E-state index is 12.1. The van der Waals surface area contributed by atoms with Gasteiger partial charge < -0.3 is 15.0 Å². The molecule has 1 aromatic carbocycles. The molecule has 0 bridgehead atoms. The number of nitrogens with zero attached hydrogens (tertiary/aromatic N) is 2. The number of benzene rings is 1. The second kappa shape index (κ2) is 6.46. The summed E-state index contributed by atoms with van der Waals surface area (Å²) < 4.78 is 5.17. The molecule has 1 aliphatic rings. The van der Waals surface area contributed by atoms with Gasteiger partial charge in [0.25, 0.3) is 5.91 Å². The molecule has 1 fully saturated rings. The average molecular weight is 305 g/mol. The van der Waals surface area contributed by atoms with Crippen LogP contribution in [0, 0.1) is 0 Å². The molecular weight excluding hydrogens is 286 g/mol. The maximum atomic E-state index is 12.1. The van der Waals surface area contributed by atoms with E-state index in [2.05, 4.69) is 5.32 Å². The molecule has 118 valence electrons. The molecule has 1 atom stereocenters. The van der Waals surface area contributed by atoms with Crippen molar-refractivity contribution in [1.29, 1.82) is 0 Å². The van der Waals surface area contributed by atoms with E-state index >= 15 is 0 Å². The first-order chi connectivity index (χ1) is 10.4. The molecule has 0 aromatic heterocycles. The highest BCUT2D eigenvalue weighted by molar-refractivity contribution is 5.99. The zero-order chi connectivity index (χ0) is 16.3. The van der Waals surface area contributed by atoms with Crippen LogP contribution in [0.2, 0.25) is 0 Å². The summed E-state index contributed by atoms with van der Waals surface area (Å²) in [6, 6.07) is 6.45. The van der Waals surface area contributed by atoms with Gasteiger partial charge in [-0.3, -0.25) is 9.69 Å². The smallest absolute Gasteiger partial charge is 0.338 e. The van der Waals surface area contributed by atoms with E-state index in [9.17, 15) is 14.4 Å². The van der Waals surface area contributed by atoms with E-state index in [-0.39, 0.29) is 6.54 Å². The van der Waals surface area contributed by atoms with Crippen molar-refractivity contribution in [3.63, 3.8) is 0 Å². The molecule has 0 saturated carbocycles. The number of hydrogen-bond donors (Lipinski definition) is 1. The summed E-state index contributed by atoms with van der Waals surface area (Å²) in [4.78, 5) is 38.6. The number of urea groups is 1. The lowest BCUT2D eigenvalue weighted by Crippen LogP contribution is -2.41. The Balaban J connectivity index is 2.03. The van der Waals surface area contributed by atoms with Crippen molar-refractivity contribution in [1.82, 2.24) is 10.2 Å². The molecule has 1 aromatic rings. The van der Waals surface area contributed by atoms with Gasteiger partial charge in [0.2, 0.25) is 0 Å². The Morgan fingerprint density at radius 1 is 1.36 bits per heavy atom. The molecule has 1 heterocycles. The molecule has 1 aliphatic heterocycles. The predicted octanol–water partition coefficient (Wildman–Crippen LogP) is 0.850. The predicted molar refractivity (Wildman–Crippen MR) is 80.8 cm³/mol. The van der Waals surface area contributed by atoms with E-state index in [1.54, 1.807) is 18.2 Å². The number of imide groups is 1. The zero-order valence-electron chi connectivity index (χ0n) is 12.8. The van der Waals surface area contributed by atoms with E-state index in [1.807, 2.05) is 25.1 Å². The van der Waals surface area contributed by atoms with Crippen LogP contribution in [-0.2, 0) is 9.53 Å². The maximum Gasteiger partial charge on any atom is 0.338 e. The van der Waals surface area contributed by atoms with Crippen molar-refractivity contribution in [3.8, 4) is 0 Å². The van der Waals surface area contributed by atoms with E-state index in [0.29, 0.717) is 12.1 Å². The number of ether oxygens (including phenoxy) is 1. The third-order valence-electron chi connectivity index (χ3n) is 3.35. The number of carbonyl (C=O) groups excluding carboxylic acids is 3. The summed E-state index contributed by atoms with van der Waals surface area (Å²) in [5, 5.41) is 2.53. The number of amides is 3. The highest BCUT2D eigenvalue weighted by atomic mass is 16.5. The summed E-state index contributed by atoms with van der Waals surface area (Å²) >= 11 is 0. The number of nitrogens with one attached hydrogen (secondary N) is 1. The van der Waals surface area contributed by atoms with Gasteiger partial charge in [0, 0.05) is 32.9 Å². The summed E-state index contributed by atoms with van der Waals surface area (Å²) in [5.41, 5.74) is 1.21. The second-order valence-corrected chi connectivity index (χ2v) is 5.21. The largest absolute Gasteiger partial charge is 0.449 e. The van der Waals surface area contributed by atoms with Gasteiger partial charge in [-0.25, -0.2) is 9.59 Å². The number of carbonyl (C=O) groups is 3. The normalized spacial score (nSPS) is 15.2. The Hall–Kier alpha value is -2.57. The molecule has 1 unspecified atom stereocenters. The average Bonchev–Trinajstić information content (AvgIpc) is 2.92. The third-order valence-corrected chi connectivity index (χ3v) is 3.35. The monoisotopic (exact) mass is 305 g/mol. The first kappa shape index (κ1) is 15.8. The summed E-state index contributed by atoms with van der Waals surface area (Å²) in [5.74, 6) is -1.11. The van der Waals surface area contributed by atoms with Crippen LogP contribution in [0.25, 0.3) is 0 Å². The van der Waals surface area contributed by atoms with Crippen molar-refractivity contribution in [2.45, 2.75) is 13.0 Å². The van der Waals surface area contributed by atoms with E-state index in [4.69, 9.17) is 4.74 Å². The molecule has 7 nitrogen and oxygen atoms in total. The minimum Gasteiger partial charge on any atom is -0.449 e. The Kier molecular flexibility index (Phi) is 4.65. The Morgan fingerprint density at radius 2 is 2.09 bits per heavy atom. The summed E-state index contributed by atoms with van der Waals surface area (Å²) in [6.45, 7) is 2.16. The van der Waals surface area contributed by atoms with Crippen LogP contribution < -0.4 is 10.2 Å². The Morgan fingerprint density at radius 3 is 2.68 bits per heavy atom. The van der Waals surface area contributed by atoms with Crippen LogP contribution in [0.4, 0.5) is 10.5 Å². The molecule has 1 N–H and O–H groups in total. The van der Waals surface area contributed by atoms with Gasteiger partial charge in [0.1, 0.15) is 0 Å². The lowest BCUT2D eigenvalue weighted by Gasteiger charge is -2.18. The second-order valence-electron chi connectivity index (χ2n) is 5.21. The number of hydrogen-bond acceptors (Lipinski definition) is 5. The van der Waals surface area contributed by atoms with Gasteiger partial charge in [0.05, 0.1) is 5.56 Å². The topological polar surface area (TPSA) is 79.0 Å². The van der Waals surface area contributed by atoms with Crippen molar-refractivity contribution in [2.24, 2.45) is 0 Å². The fourth-order valence-corrected chi connectivity index (χ4v) is 2.09. The van der Waals surface area contributed by atoms with Crippen LogP contribution in [0.3, 0.4) is 0 Å². The fraction of sp³-hybridized carbons (Fsp3) is 0.400. The van der Waals surface area contributed by atoms with E-state index in [0.717, 1.165) is 10.6 Å².